The van der Waals surface area contributed by atoms with Crippen LogP contribution in [0.5, 0.6) is 0 Å². The topological polar surface area (TPSA) is 69.6 Å². The molecule has 0 aromatic heterocycles. The van der Waals surface area contributed by atoms with Gasteiger partial charge in [0.05, 0.1) is 22.2 Å². The number of benzene rings is 1. The van der Waals surface area contributed by atoms with E-state index in [4.69, 9.17) is 28.3 Å². The zero-order valence-electron chi connectivity index (χ0n) is 11.5. The number of carbonyl (C=O) groups is 2. The lowest BCUT2D eigenvalue weighted by molar-refractivity contribution is -0.137. The molecule has 0 heterocycles. The molecule has 5 nitrogen and oxygen atoms in total. The van der Waals surface area contributed by atoms with Gasteiger partial charge in [-0.15, -0.1) is 0 Å². The van der Waals surface area contributed by atoms with E-state index in [9.17, 15) is 9.59 Å². The van der Waals surface area contributed by atoms with Crippen LogP contribution in [0.3, 0.4) is 0 Å². The fourth-order valence-electron chi connectivity index (χ4n) is 1.62. The number of rotatable bonds is 5. The van der Waals surface area contributed by atoms with Gasteiger partial charge in [-0.2, -0.15) is 0 Å². The quantitative estimate of drug-likeness (QED) is 0.720. The Kier molecular flexibility index (Phi) is 6.77. The minimum atomic E-state index is -0.960. The molecule has 0 spiro atoms. The van der Waals surface area contributed by atoms with Crippen LogP contribution in [0.2, 0.25) is 10.0 Å². The van der Waals surface area contributed by atoms with Crippen molar-refractivity contribution in [2.75, 3.05) is 11.9 Å². The Labute approximate surface area is 141 Å². The molecule has 21 heavy (non-hydrogen) atoms. The summed E-state index contributed by atoms with van der Waals surface area (Å²) in [5, 5.41) is 11.9. The van der Waals surface area contributed by atoms with Crippen LogP contribution in [-0.2, 0) is 4.79 Å². The maximum Gasteiger partial charge on any atom is 0.322 e. The normalized spacial score (nSPS) is 10.6. The fraction of sp³-hybridized carbons (Fsp3) is 0.385. The third kappa shape index (κ3) is 5.05. The highest BCUT2D eigenvalue weighted by Gasteiger charge is 2.19. The standard InChI is InChI=1S/C13H15BrCl2N2O3/c1-7(2)18(6-5-10(19)20)13(21)17-9-4-3-8(14)11(15)12(9)16/h3-4,7H,5-6H2,1-2H3,(H,17,21)(H,19,20). The number of nitrogens with zero attached hydrogens (tertiary/aromatic N) is 1. The summed E-state index contributed by atoms with van der Waals surface area (Å²) >= 11 is 15.3. The zero-order chi connectivity index (χ0) is 16.2. The van der Waals surface area contributed by atoms with Crippen LogP contribution in [-0.4, -0.2) is 34.6 Å². The molecule has 0 bridgehead atoms. The number of carboxylic acids is 1. The predicted octanol–water partition coefficient (Wildman–Crippen LogP) is 4.47. The Morgan fingerprint density at radius 2 is 1.95 bits per heavy atom. The van der Waals surface area contributed by atoms with Crippen LogP contribution in [0.25, 0.3) is 0 Å². The molecule has 0 saturated heterocycles. The van der Waals surface area contributed by atoms with Crippen molar-refractivity contribution in [3.05, 3.63) is 26.7 Å². The first-order valence-electron chi connectivity index (χ1n) is 6.17. The second-order valence-corrected chi connectivity index (χ2v) is 6.19. The minimum Gasteiger partial charge on any atom is -0.481 e. The van der Waals surface area contributed by atoms with Gasteiger partial charge in [-0.05, 0) is 41.9 Å². The maximum atomic E-state index is 12.2. The second-order valence-electron chi connectivity index (χ2n) is 4.58. The molecular formula is C13H15BrCl2N2O3. The first kappa shape index (κ1) is 18.1. The maximum absolute atomic E-state index is 12.2. The first-order valence-corrected chi connectivity index (χ1v) is 7.71. The van der Waals surface area contributed by atoms with Crippen LogP contribution in [0.15, 0.2) is 16.6 Å². The largest absolute Gasteiger partial charge is 0.481 e. The average molecular weight is 398 g/mol. The van der Waals surface area contributed by atoms with Crippen LogP contribution < -0.4 is 5.32 Å². The number of nitrogens with one attached hydrogen (secondary N) is 1. The summed E-state index contributed by atoms with van der Waals surface area (Å²) in [4.78, 5) is 24.3. The van der Waals surface area contributed by atoms with Crippen LogP contribution >= 0.6 is 39.1 Å². The molecule has 0 aliphatic heterocycles. The molecule has 1 aromatic carbocycles. The molecule has 0 aliphatic rings. The Morgan fingerprint density at radius 3 is 2.48 bits per heavy atom. The summed E-state index contributed by atoms with van der Waals surface area (Å²) in [6.07, 6.45) is -0.125. The number of halogens is 3. The van der Waals surface area contributed by atoms with E-state index >= 15 is 0 Å². The van der Waals surface area contributed by atoms with Crippen molar-refractivity contribution < 1.29 is 14.7 Å². The highest BCUT2D eigenvalue weighted by Crippen LogP contribution is 2.35. The molecule has 116 valence electrons. The monoisotopic (exact) mass is 396 g/mol. The SMILES string of the molecule is CC(C)N(CCC(=O)O)C(=O)Nc1ccc(Br)c(Cl)c1Cl. The van der Waals surface area contributed by atoms with Crippen molar-refractivity contribution in [1.29, 1.82) is 0 Å². The molecule has 0 radical (unpaired) electrons. The van der Waals surface area contributed by atoms with Gasteiger partial charge >= 0.3 is 12.0 Å². The number of hydrogen-bond donors (Lipinski definition) is 2. The van der Waals surface area contributed by atoms with E-state index in [-0.39, 0.29) is 24.0 Å². The Bertz CT molecular complexity index is 552. The summed E-state index contributed by atoms with van der Waals surface area (Å²) in [7, 11) is 0. The van der Waals surface area contributed by atoms with Gasteiger partial charge in [-0.25, -0.2) is 4.79 Å². The molecule has 2 N–H and O–H groups in total. The van der Waals surface area contributed by atoms with Gasteiger partial charge in [-0.3, -0.25) is 4.79 Å². The van der Waals surface area contributed by atoms with Gasteiger partial charge in [0.15, 0.2) is 0 Å². The van der Waals surface area contributed by atoms with Gasteiger partial charge in [-0.1, -0.05) is 23.2 Å². The van der Waals surface area contributed by atoms with Crippen molar-refractivity contribution in [3.8, 4) is 0 Å². The highest BCUT2D eigenvalue weighted by molar-refractivity contribution is 9.10. The lowest BCUT2D eigenvalue weighted by atomic mass is 10.3. The molecule has 0 atom stereocenters. The summed E-state index contributed by atoms with van der Waals surface area (Å²) in [6, 6.07) is 2.72. The smallest absolute Gasteiger partial charge is 0.322 e. The van der Waals surface area contributed by atoms with Crippen molar-refractivity contribution in [1.82, 2.24) is 4.90 Å². The molecule has 0 fully saturated rings. The molecule has 0 aliphatic carbocycles. The van der Waals surface area contributed by atoms with Crippen molar-refractivity contribution in [2.24, 2.45) is 0 Å². The third-order valence-corrected chi connectivity index (χ3v) is 4.50. The molecule has 0 saturated carbocycles. The van der Waals surface area contributed by atoms with E-state index in [1.807, 2.05) is 0 Å². The van der Waals surface area contributed by atoms with Gasteiger partial charge in [0.25, 0.3) is 0 Å². The van der Waals surface area contributed by atoms with Gasteiger partial charge in [0, 0.05) is 17.1 Å². The number of urea groups is 1. The fourth-order valence-corrected chi connectivity index (χ4v) is 2.44. The number of aliphatic carboxylic acids is 1. The molecule has 8 heteroatoms. The number of hydrogen-bond acceptors (Lipinski definition) is 2. The third-order valence-electron chi connectivity index (χ3n) is 2.73. The summed E-state index contributed by atoms with van der Waals surface area (Å²) in [6.45, 7) is 3.72. The van der Waals surface area contributed by atoms with E-state index in [0.717, 1.165) is 0 Å². The van der Waals surface area contributed by atoms with E-state index < -0.39 is 12.0 Å². The summed E-state index contributed by atoms with van der Waals surface area (Å²) in [5.74, 6) is -0.960. The summed E-state index contributed by atoms with van der Waals surface area (Å²) in [5.41, 5.74) is 0.371. The van der Waals surface area contributed by atoms with Crippen molar-refractivity contribution in [3.63, 3.8) is 0 Å². The number of amides is 2. The Balaban J connectivity index is 2.87. The number of anilines is 1. The molecular weight excluding hydrogens is 383 g/mol. The van der Waals surface area contributed by atoms with E-state index in [1.165, 1.54) is 4.90 Å². The van der Waals surface area contributed by atoms with E-state index in [2.05, 4.69) is 21.2 Å². The van der Waals surface area contributed by atoms with Gasteiger partial charge in [0.1, 0.15) is 0 Å². The second kappa shape index (κ2) is 7.87. The predicted molar refractivity (Wildman–Crippen MR) is 87.3 cm³/mol. The van der Waals surface area contributed by atoms with Crippen LogP contribution in [0, 0.1) is 0 Å². The highest BCUT2D eigenvalue weighted by atomic mass is 79.9. The zero-order valence-corrected chi connectivity index (χ0v) is 14.6. The van der Waals surface area contributed by atoms with Gasteiger partial charge in [0.2, 0.25) is 0 Å². The van der Waals surface area contributed by atoms with Crippen molar-refractivity contribution in [2.45, 2.75) is 26.3 Å². The van der Waals surface area contributed by atoms with Crippen molar-refractivity contribution >= 4 is 56.8 Å². The van der Waals surface area contributed by atoms with Gasteiger partial charge < -0.3 is 15.3 Å². The lowest BCUT2D eigenvalue weighted by Gasteiger charge is -2.26. The van der Waals surface area contributed by atoms with E-state index in [1.54, 1.807) is 26.0 Å². The van der Waals surface area contributed by atoms with Crippen LogP contribution in [0.4, 0.5) is 10.5 Å². The number of carbonyl (C=O) groups excluding carboxylic acids is 1. The molecule has 2 amide bonds. The molecule has 1 aromatic rings. The molecule has 0 unspecified atom stereocenters. The summed E-state index contributed by atoms with van der Waals surface area (Å²) < 4.78 is 0.624. The lowest BCUT2D eigenvalue weighted by Crippen LogP contribution is -2.41. The van der Waals surface area contributed by atoms with Crippen LogP contribution in [0.1, 0.15) is 20.3 Å². The number of carboxylic acid groups (broad SMARTS) is 1. The average Bonchev–Trinajstić information content (AvgIpc) is 2.39. The Morgan fingerprint density at radius 1 is 1.33 bits per heavy atom. The van der Waals surface area contributed by atoms with E-state index in [0.29, 0.717) is 15.2 Å². The Hall–Kier alpha value is -0.980. The molecule has 1 rings (SSSR count). The minimum absolute atomic E-state index is 0.112. The first-order chi connectivity index (χ1) is 9.73.